The number of ketones is 1. The Morgan fingerprint density at radius 2 is 2.14 bits per heavy atom. The van der Waals surface area contributed by atoms with E-state index < -0.39 is 0 Å². The van der Waals surface area contributed by atoms with Crippen molar-refractivity contribution in [3.05, 3.63) is 22.5 Å². The van der Waals surface area contributed by atoms with Gasteiger partial charge in [-0.05, 0) is 36.3 Å². The van der Waals surface area contributed by atoms with Crippen molar-refractivity contribution >= 4 is 11.5 Å². The Hall–Kier alpha value is -2.09. The SMILES string of the molecule is CCC1=C(C)C2C3C(=O)CC(C)(C)CC3=NN2C(N)=C1C#N. The van der Waals surface area contributed by atoms with Crippen LogP contribution in [0.1, 0.15) is 47.0 Å². The molecule has 3 rings (SSSR count). The molecule has 5 nitrogen and oxygen atoms in total. The minimum Gasteiger partial charge on any atom is -0.383 e. The van der Waals surface area contributed by atoms with Crippen LogP contribution in [0.4, 0.5) is 0 Å². The molecule has 0 bridgehead atoms. The van der Waals surface area contributed by atoms with E-state index in [1.54, 1.807) is 5.01 Å². The smallest absolute Gasteiger partial charge is 0.144 e. The molecule has 5 heteroatoms. The molecule has 0 spiro atoms. The molecule has 1 saturated carbocycles. The number of hydrogen-bond donors (Lipinski definition) is 1. The third-order valence-electron chi connectivity index (χ3n) is 5.02. The largest absolute Gasteiger partial charge is 0.383 e. The summed E-state index contributed by atoms with van der Waals surface area (Å²) in [7, 11) is 0. The first-order valence-corrected chi connectivity index (χ1v) is 7.80. The summed E-state index contributed by atoms with van der Waals surface area (Å²) >= 11 is 0. The van der Waals surface area contributed by atoms with Crippen molar-refractivity contribution in [2.75, 3.05) is 0 Å². The van der Waals surface area contributed by atoms with Gasteiger partial charge in [-0.15, -0.1) is 0 Å². The predicted octanol–water partition coefficient (Wildman–Crippen LogP) is 2.47. The van der Waals surface area contributed by atoms with Crippen LogP contribution < -0.4 is 5.73 Å². The minimum absolute atomic E-state index is 0.0528. The first-order chi connectivity index (χ1) is 10.3. The van der Waals surface area contributed by atoms with Gasteiger partial charge in [0, 0.05) is 6.42 Å². The van der Waals surface area contributed by atoms with Crippen LogP contribution in [-0.2, 0) is 4.79 Å². The number of hydrogen-bond acceptors (Lipinski definition) is 5. The lowest BCUT2D eigenvalue weighted by Gasteiger charge is -2.37. The Balaban J connectivity index is 2.13. The van der Waals surface area contributed by atoms with E-state index in [2.05, 4.69) is 25.0 Å². The molecule has 0 aromatic carbocycles. The summed E-state index contributed by atoms with van der Waals surface area (Å²) in [5.74, 6) is 0.432. The molecule has 2 unspecified atom stereocenters. The van der Waals surface area contributed by atoms with Crippen molar-refractivity contribution in [2.24, 2.45) is 22.2 Å². The van der Waals surface area contributed by atoms with Crippen LogP contribution >= 0.6 is 0 Å². The van der Waals surface area contributed by atoms with Gasteiger partial charge < -0.3 is 5.73 Å². The van der Waals surface area contributed by atoms with Gasteiger partial charge in [-0.2, -0.15) is 10.4 Å². The molecule has 0 amide bonds. The second-order valence-electron chi connectivity index (χ2n) is 7.23. The van der Waals surface area contributed by atoms with Gasteiger partial charge in [-0.25, -0.2) is 5.01 Å². The van der Waals surface area contributed by atoms with E-state index in [-0.39, 0.29) is 23.2 Å². The average molecular weight is 298 g/mol. The number of rotatable bonds is 1. The highest BCUT2D eigenvalue weighted by atomic mass is 16.1. The van der Waals surface area contributed by atoms with Crippen LogP contribution in [0.5, 0.6) is 0 Å². The van der Waals surface area contributed by atoms with Crippen molar-refractivity contribution in [3.63, 3.8) is 0 Å². The summed E-state index contributed by atoms with van der Waals surface area (Å²) < 4.78 is 0. The normalized spacial score (nSPS) is 30.0. The van der Waals surface area contributed by atoms with Gasteiger partial charge >= 0.3 is 0 Å². The van der Waals surface area contributed by atoms with Crippen LogP contribution in [0.3, 0.4) is 0 Å². The number of Topliss-reactive ketones (excluding diaryl/α,β-unsaturated/α-hetero) is 1. The van der Waals surface area contributed by atoms with E-state index >= 15 is 0 Å². The number of nitriles is 1. The second-order valence-corrected chi connectivity index (χ2v) is 7.23. The van der Waals surface area contributed by atoms with Crippen LogP contribution in [0.2, 0.25) is 0 Å². The van der Waals surface area contributed by atoms with Crippen molar-refractivity contribution in [2.45, 2.75) is 53.0 Å². The third kappa shape index (κ3) is 1.90. The fraction of sp³-hybridized carbons (Fsp3) is 0.588. The maximum atomic E-state index is 12.7. The van der Waals surface area contributed by atoms with Crippen LogP contribution in [0.15, 0.2) is 27.6 Å². The topological polar surface area (TPSA) is 82.5 Å². The molecule has 0 aromatic rings. The van der Waals surface area contributed by atoms with E-state index in [0.29, 0.717) is 17.8 Å². The number of nitrogens with zero attached hydrogens (tertiary/aromatic N) is 3. The molecular weight excluding hydrogens is 276 g/mol. The van der Waals surface area contributed by atoms with Gasteiger partial charge in [0.25, 0.3) is 0 Å². The van der Waals surface area contributed by atoms with E-state index in [9.17, 15) is 10.1 Å². The van der Waals surface area contributed by atoms with Crippen molar-refractivity contribution in [3.8, 4) is 6.07 Å². The third-order valence-corrected chi connectivity index (χ3v) is 5.02. The second kappa shape index (κ2) is 4.70. The Morgan fingerprint density at radius 3 is 2.73 bits per heavy atom. The van der Waals surface area contributed by atoms with Gasteiger partial charge in [0.15, 0.2) is 0 Å². The van der Waals surface area contributed by atoms with Gasteiger partial charge in [0.05, 0.1) is 23.2 Å². The lowest BCUT2D eigenvalue weighted by atomic mass is 9.68. The molecule has 22 heavy (non-hydrogen) atoms. The Morgan fingerprint density at radius 1 is 1.45 bits per heavy atom. The number of carbonyl (C=O) groups is 1. The van der Waals surface area contributed by atoms with Crippen molar-refractivity contribution < 1.29 is 4.79 Å². The van der Waals surface area contributed by atoms with Crippen molar-refractivity contribution in [1.29, 1.82) is 5.26 Å². The molecule has 2 N–H and O–H groups in total. The quantitative estimate of drug-likeness (QED) is 0.806. The zero-order chi connectivity index (χ0) is 16.2. The maximum Gasteiger partial charge on any atom is 0.144 e. The molecule has 116 valence electrons. The van der Waals surface area contributed by atoms with Crippen LogP contribution in [0.25, 0.3) is 0 Å². The molecule has 2 heterocycles. The molecule has 3 aliphatic rings. The molecule has 1 aliphatic carbocycles. The number of carbonyl (C=O) groups excluding carboxylic acids is 1. The zero-order valence-electron chi connectivity index (χ0n) is 13.6. The number of allylic oxidation sites excluding steroid dienone is 2. The summed E-state index contributed by atoms with van der Waals surface area (Å²) in [5.41, 5.74) is 9.60. The van der Waals surface area contributed by atoms with E-state index in [4.69, 9.17) is 5.73 Å². The highest BCUT2D eigenvalue weighted by Gasteiger charge is 2.51. The van der Waals surface area contributed by atoms with Gasteiger partial charge in [-0.3, -0.25) is 4.79 Å². The Bertz CT molecular complexity index is 690. The van der Waals surface area contributed by atoms with E-state index in [1.165, 1.54) is 0 Å². The fourth-order valence-corrected chi connectivity index (χ4v) is 4.09. The Kier molecular flexibility index (Phi) is 3.17. The number of fused-ring (bicyclic) bond motifs is 3. The Labute approximate surface area is 131 Å². The van der Waals surface area contributed by atoms with Gasteiger partial charge in [-0.1, -0.05) is 20.8 Å². The van der Waals surface area contributed by atoms with Crippen LogP contribution in [-0.4, -0.2) is 22.5 Å². The summed E-state index contributed by atoms with van der Waals surface area (Å²) in [6, 6.07) is 2.07. The number of hydrazone groups is 1. The van der Waals surface area contributed by atoms with E-state index in [1.807, 2.05) is 13.8 Å². The summed E-state index contributed by atoms with van der Waals surface area (Å²) in [6.45, 7) is 8.22. The first-order valence-electron chi connectivity index (χ1n) is 7.80. The molecular formula is C17H22N4O. The molecule has 0 saturated heterocycles. The molecule has 0 aromatic heterocycles. The fourth-order valence-electron chi connectivity index (χ4n) is 4.09. The lowest BCUT2D eigenvalue weighted by molar-refractivity contribution is -0.124. The molecule has 2 aliphatic heterocycles. The van der Waals surface area contributed by atoms with Gasteiger partial charge in [0.1, 0.15) is 17.7 Å². The minimum atomic E-state index is -0.201. The zero-order valence-corrected chi connectivity index (χ0v) is 13.6. The summed E-state index contributed by atoms with van der Waals surface area (Å²) in [5, 5.41) is 15.8. The molecule has 2 atom stereocenters. The monoisotopic (exact) mass is 298 g/mol. The molecule has 1 fully saturated rings. The highest BCUT2D eigenvalue weighted by molar-refractivity contribution is 6.10. The first kappa shape index (κ1) is 14.8. The average Bonchev–Trinajstić information content (AvgIpc) is 2.80. The maximum absolute atomic E-state index is 12.7. The van der Waals surface area contributed by atoms with Crippen LogP contribution in [0, 0.1) is 22.7 Å². The predicted molar refractivity (Wildman–Crippen MR) is 84.4 cm³/mol. The van der Waals surface area contributed by atoms with Gasteiger partial charge in [0.2, 0.25) is 0 Å². The lowest BCUT2D eigenvalue weighted by Crippen LogP contribution is -2.46. The summed E-state index contributed by atoms with van der Waals surface area (Å²) in [4.78, 5) is 12.7. The highest BCUT2D eigenvalue weighted by Crippen LogP contribution is 2.45. The number of nitrogens with two attached hydrogens (primary N) is 1. The molecule has 0 radical (unpaired) electrons. The standard InChI is InChI=1S/C17H22N4O/c1-5-10-9(2)15-14-12(6-17(3,4)7-13(14)22)20-21(15)16(19)11(10)8-18/h14-15H,5-7,19H2,1-4H3. The van der Waals surface area contributed by atoms with E-state index in [0.717, 1.165) is 29.7 Å². The summed E-state index contributed by atoms with van der Waals surface area (Å²) in [6.07, 6.45) is 2.12. The van der Waals surface area contributed by atoms with Crippen molar-refractivity contribution in [1.82, 2.24) is 5.01 Å².